The fourth-order valence-electron chi connectivity index (χ4n) is 1.52. The zero-order valence-electron chi connectivity index (χ0n) is 10.8. The van der Waals surface area contributed by atoms with Gasteiger partial charge in [0.2, 0.25) is 5.91 Å². The molecular formula is C13H24N2O2. The van der Waals surface area contributed by atoms with Crippen molar-refractivity contribution in [2.75, 3.05) is 39.3 Å². The Morgan fingerprint density at radius 1 is 1.29 bits per heavy atom. The van der Waals surface area contributed by atoms with E-state index in [4.69, 9.17) is 5.11 Å². The summed E-state index contributed by atoms with van der Waals surface area (Å²) in [5, 5.41) is 8.77. The van der Waals surface area contributed by atoms with Crippen LogP contribution in [0.15, 0.2) is 25.3 Å². The van der Waals surface area contributed by atoms with Gasteiger partial charge in [-0.05, 0) is 13.0 Å². The molecule has 0 spiro atoms. The Morgan fingerprint density at radius 2 is 1.88 bits per heavy atom. The molecule has 4 heteroatoms. The number of amides is 1. The summed E-state index contributed by atoms with van der Waals surface area (Å²) in [6, 6.07) is 0. The zero-order chi connectivity index (χ0) is 13.1. The molecule has 0 rings (SSSR count). The Bertz CT molecular complexity index is 232. The summed E-state index contributed by atoms with van der Waals surface area (Å²) in [6.07, 6.45) is 4.13. The summed E-state index contributed by atoms with van der Waals surface area (Å²) in [5.41, 5.74) is 0. The van der Waals surface area contributed by atoms with Crippen LogP contribution in [0.2, 0.25) is 0 Å². The second kappa shape index (κ2) is 10.1. The number of carbonyl (C=O) groups excluding carboxylic acids is 1. The highest BCUT2D eigenvalue weighted by Crippen LogP contribution is 1.97. The molecule has 0 aromatic rings. The second-order valence-electron chi connectivity index (χ2n) is 3.82. The van der Waals surface area contributed by atoms with Crippen LogP contribution in [-0.2, 0) is 4.79 Å². The van der Waals surface area contributed by atoms with Crippen molar-refractivity contribution < 1.29 is 9.90 Å². The van der Waals surface area contributed by atoms with E-state index < -0.39 is 0 Å². The number of hydrogen-bond acceptors (Lipinski definition) is 3. The number of likely N-dealkylation sites (N-methyl/N-ethyl adjacent to an activating group) is 1. The van der Waals surface area contributed by atoms with Crippen LogP contribution < -0.4 is 0 Å². The highest BCUT2D eigenvalue weighted by Gasteiger charge is 2.14. The van der Waals surface area contributed by atoms with Crippen LogP contribution in [0.1, 0.15) is 13.3 Å². The molecule has 0 aromatic heterocycles. The first-order valence-corrected chi connectivity index (χ1v) is 6.02. The Balaban J connectivity index is 4.23. The molecule has 0 aliphatic heterocycles. The molecule has 1 amide bonds. The third-order valence-corrected chi connectivity index (χ3v) is 2.49. The van der Waals surface area contributed by atoms with E-state index in [-0.39, 0.29) is 12.5 Å². The number of aliphatic hydroxyl groups is 1. The van der Waals surface area contributed by atoms with Crippen molar-refractivity contribution in [3.63, 3.8) is 0 Å². The molecule has 1 N–H and O–H groups in total. The van der Waals surface area contributed by atoms with E-state index in [1.165, 1.54) is 0 Å². The van der Waals surface area contributed by atoms with E-state index in [0.29, 0.717) is 26.1 Å². The molecule has 4 nitrogen and oxygen atoms in total. The van der Waals surface area contributed by atoms with Gasteiger partial charge in [0.15, 0.2) is 0 Å². The van der Waals surface area contributed by atoms with Crippen LogP contribution in [0.5, 0.6) is 0 Å². The predicted octanol–water partition coefficient (Wildman–Crippen LogP) is 0.891. The van der Waals surface area contributed by atoms with Crippen molar-refractivity contribution in [3.05, 3.63) is 25.3 Å². The van der Waals surface area contributed by atoms with E-state index in [0.717, 1.165) is 13.1 Å². The van der Waals surface area contributed by atoms with Crippen LogP contribution in [-0.4, -0.2) is 60.1 Å². The van der Waals surface area contributed by atoms with Crippen LogP contribution in [0, 0.1) is 0 Å². The quantitative estimate of drug-likeness (QED) is 0.577. The molecule has 0 aliphatic carbocycles. The first-order valence-electron chi connectivity index (χ1n) is 6.02. The van der Waals surface area contributed by atoms with Gasteiger partial charge in [0, 0.05) is 26.2 Å². The average Bonchev–Trinajstić information content (AvgIpc) is 2.33. The Kier molecular flexibility index (Phi) is 9.38. The smallest absolute Gasteiger partial charge is 0.237 e. The number of nitrogens with zero attached hydrogens (tertiary/aromatic N) is 2. The number of aliphatic hydroxyl groups excluding tert-OH is 1. The van der Waals surface area contributed by atoms with Crippen LogP contribution in [0.25, 0.3) is 0 Å². The summed E-state index contributed by atoms with van der Waals surface area (Å²) in [5.74, 6) is 0.0737. The SMILES string of the molecule is C=CCN(CC=C)C(=O)CN(CC)CCCO. The number of hydrogen-bond donors (Lipinski definition) is 1. The largest absolute Gasteiger partial charge is 0.396 e. The van der Waals surface area contributed by atoms with Crippen molar-refractivity contribution in [3.8, 4) is 0 Å². The molecule has 0 saturated carbocycles. The molecule has 0 unspecified atom stereocenters. The van der Waals surface area contributed by atoms with Gasteiger partial charge in [0.1, 0.15) is 0 Å². The topological polar surface area (TPSA) is 43.8 Å². The van der Waals surface area contributed by atoms with Gasteiger partial charge in [0.25, 0.3) is 0 Å². The third-order valence-electron chi connectivity index (χ3n) is 2.49. The van der Waals surface area contributed by atoms with Crippen molar-refractivity contribution in [1.82, 2.24) is 9.80 Å². The Hall–Kier alpha value is -1.13. The first-order chi connectivity index (χ1) is 8.19. The standard InChI is InChI=1S/C13H24N2O2/c1-4-8-15(9-5-2)13(17)12-14(6-3)10-7-11-16/h4-5,16H,1-2,6-12H2,3H3. The van der Waals surface area contributed by atoms with Gasteiger partial charge in [-0.2, -0.15) is 0 Å². The van der Waals surface area contributed by atoms with Gasteiger partial charge in [-0.3, -0.25) is 9.69 Å². The van der Waals surface area contributed by atoms with E-state index in [9.17, 15) is 4.79 Å². The number of rotatable bonds is 10. The van der Waals surface area contributed by atoms with Crippen LogP contribution in [0.4, 0.5) is 0 Å². The second-order valence-corrected chi connectivity index (χ2v) is 3.82. The minimum Gasteiger partial charge on any atom is -0.396 e. The minimum atomic E-state index is 0.0737. The molecule has 0 fully saturated rings. The fourth-order valence-corrected chi connectivity index (χ4v) is 1.52. The molecule has 17 heavy (non-hydrogen) atoms. The van der Waals surface area contributed by atoms with E-state index in [1.807, 2.05) is 11.8 Å². The highest BCUT2D eigenvalue weighted by molar-refractivity contribution is 5.78. The zero-order valence-corrected chi connectivity index (χ0v) is 10.8. The summed E-state index contributed by atoms with van der Waals surface area (Å²) >= 11 is 0. The lowest BCUT2D eigenvalue weighted by Crippen LogP contribution is -2.41. The lowest BCUT2D eigenvalue weighted by atomic mass is 10.3. The summed E-state index contributed by atoms with van der Waals surface area (Å²) < 4.78 is 0. The molecule has 98 valence electrons. The predicted molar refractivity (Wildman–Crippen MR) is 70.8 cm³/mol. The Morgan fingerprint density at radius 3 is 2.29 bits per heavy atom. The van der Waals surface area contributed by atoms with Crippen molar-refractivity contribution in [1.29, 1.82) is 0 Å². The summed E-state index contributed by atoms with van der Waals surface area (Å²) in [4.78, 5) is 15.7. The van der Waals surface area contributed by atoms with Gasteiger partial charge >= 0.3 is 0 Å². The van der Waals surface area contributed by atoms with Crippen molar-refractivity contribution >= 4 is 5.91 Å². The Labute approximate surface area is 104 Å². The maximum atomic E-state index is 12.0. The third kappa shape index (κ3) is 6.92. The van der Waals surface area contributed by atoms with Crippen molar-refractivity contribution in [2.45, 2.75) is 13.3 Å². The van der Waals surface area contributed by atoms with Gasteiger partial charge in [0.05, 0.1) is 6.54 Å². The maximum absolute atomic E-state index is 12.0. The van der Waals surface area contributed by atoms with Gasteiger partial charge < -0.3 is 10.0 Å². The molecule has 0 aromatic carbocycles. The van der Waals surface area contributed by atoms with Gasteiger partial charge in [-0.1, -0.05) is 19.1 Å². The van der Waals surface area contributed by atoms with E-state index in [1.54, 1.807) is 17.1 Å². The average molecular weight is 240 g/mol. The minimum absolute atomic E-state index is 0.0737. The number of carbonyl (C=O) groups is 1. The van der Waals surface area contributed by atoms with Gasteiger partial charge in [-0.15, -0.1) is 13.2 Å². The lowest BCUT2D eigenvalue weighted by molar-refractivity contribution is -0.131. The van der Waals surface area contributed by atoms with Gasteiger partial charge in [-0.25, -0.2) is 0 Å². The lowest BCUT2D eigenvalue weighted by Gasteiger charge is -2.25. The molecule has 0 heterocycles. The molecule has 0 aliphatic rings. The molecule has 0 saturated heterocycles. The normalized spacial score (nSPS) is 10.3. The first kappa shape index (κ1) is 15.9. The van der Waals surface area contributed by atoms with Crippen molar-refractivity contribution in [2.24, 2.45) is 0 Å². The van der Waals surface area contributed by atoms with E-state index in [2.05, 4.69) is 13.2 Å². The maximum Gasteiger partial charge on any atom is 0.237 e. The highest BCUT2D eigenvalue weighted by atomic mass is 16.3. The summed E-state index contributed by atoms with van der Waals surface area (Å²) in [6.45, 7) is 12.5. The van der Waals surface area contributed by atoms with E-state index >= 15 is 0 Å². The fraction of sp³-hybridized carbons (Fsp3) is 0.615. The summed E-state index contributed by atoms with van der Waals surface area (Å²) in [7, 11) is 0. The van der Waals surface area contributed by atoms with Crippen LogP contribution in [0.3, 0.4) is 0 Å². The molecule has 0 atom stereocenters. The molecular weight excluding hydrogens is 216 g/mol. The monoisotopic (exact) mass is 240 g/mol. The molecule has 0 bridgehead atoms. The van der Waals surface area contributed by atoms with Crippen LogP contribution >= 0.6 is 0 Å². The molecule has 0 radical (unpaired) electrons.